The molecule has 0 spiro atoms. The third kappa shape index (κ3) is 6.28. The molecule has 0 aliphatic carbocycles. The van der Waals surface area contributed by atoms with Gasteiger partial charge in [0.2, 0.25) is 5.91 Å². The molecule has 0 saturated carbocycles. The largest absolute Gasteiger partial charge is 0.507 e. The van der Waals surface area contributed by atoms with Crippen LogP contribution in [0.15, 0.2) is 18.2 Å². The number of phenols is 1. The highest BCUT2D eigenvalue weighted by Crippen LogP contribution is 2.19. The van der Waals surface area contributed by atoms with Crippen LogP contribution in [-0.2, 0) is 14.3 Å². The van der Waals surface area contributed by atoms with E-state index >= 15 is 0 Å². The van der Waals surface area contributed by atoms with E-state index in [1.165, 1.54) is 24.1 Å². The topological polar surface area (TPSA) is 95.9 Å². The number of aryl methyl sites for hydroxylation is 1. The summed E-state index contributed by atoms with van der Waals surface area (Å²) in [6, 6.07) is 4.51. The second-order valence-electron chi connectivity index (χ2n) is 6.64. The highest BCUT2D eigenvalue weighted by atomic mass is 16.5. The lowest BCUT2D eigenvalue weighted by Crippen LogP contribution is -2.46. The molecule has 132 valence electrons. The zero-order chi connectivity index (χ0) is 18.5. The predicted molar refractivity (Wildman–Crippen MR) is 88.7 cm³/mol. The molecule has 0 heterocycles. The normalized spacial score (nSPS) is 10.9. The van der Waals surface area contributed by atoms with Gasteiger partial charge >= 0.3 is 5.97 Å². The summed E-state index contributed by atoms with van der Waals surface area (Å²) >= 11 is 0. The highest BCUT2D eigenvalue weighted by molar-refractivity contribution is 5.94. The summed E-state index contributed by atoms with van der Waals surface area (Å²) in [5.41, 5.74) is 0.383. The fourth-order valence-corrected chi connectivity index (χ4v) is 1.89. The Morgan fingerprint density at radius 2 is 1.88 bits per heavy atom. The van der Waals surface area contributed by atoms with Gasteiger partial charge in [-0.05, 0) is 39.8 Å². The first kappa shape index (κ1) is 19.5. The number of carbonyl (C=O) groups is 3. The van der Waals surface area contributed by atoms with Crippen LogP contribution in [0.4, 0.5) is 0 Å². The smallest absolute Gasteiger partial charge is 0.342 e. The minimum atomic E-state index is -0.794. The van der Waals surface area contributed by atoms with E-state index in [4.69, 9.17) is 4.74 Å². The number of nitrogens with zero attached hydrogens (tertiary/aromatic N) is 1. The van der Waals surface area contributed by atoms with Gasteiger partial charge in [-0.15, -0.1) is 0 Å². The maximum Gasteiger partial charge on any atom is 0.342 e. The first-order chi connectivity index (χ1) is 11.0. The first-order valence-electron chi connectivity index (χ1n) is 7.51. The van der Waals surface area contributed by atoms with Crippen molar-refractivity contribution in [2.45, 2.75) is 33.2 Å². The van der Waals surface area contributed by atoms with Crippen molar-refractivity contribution in [2.24, 2.45) is 0 Å². The number of benzene rings is 1. The van der Waals surface area contributed by atoms with Gasteiger partial charge in [0.25, 0.3) is 5.91 Å². The number of hydrogen-bond acceptors (Lipinski definition) is 5. The van der Waals surface area contributed by atoms with Crippen LogP contribution in [0.3, 0.4) is 0 Å². The van der Waals surface area contributed by atoms with Crippen LogP contribution in [0.25, 0.3) is 0 Å². The lowest BCUT2D eigenvalue weighted by Gasteiger charge is -2.23. The zero-order valence-corrected chi connectivity index (χ0v) is 14.7. The molecule has 1 aromatic carbocycles. The minimum absolute atomic E-state index is 0.00377. The summed E-state index contributed by atoms with van der Waals surface area (Å²) in [7, 11) is 1.45. The van der Waals surface area contributed by atoms with Gasteiger partial charge < -0.3 is 20.1 Å². The van der Waals surface area contributed by atoms with E-state index < -0.39 is 24.0 Å². The zero-order valence-electron chi connectivity index (χ0n) is 14.7. The molecule has 0 unspecified atom stereocenters. The summed E-state index contributed by atoms with van der Waals surface area (Å²) in [5.74, 6) is -1.83. The van der Waals surface area contributed by atoms with Gasteiger partial charge in [0.1, 0.15) is 11.3 Å². The van der Waals surface area contributed by atoms with Crippen molar-refractivity contribution in [3.05, 3.63) is 29.3 Å². The number of amides is 2. The van der Waals surface area contributed by atoms with Crippen molar-refractivity contribution in [1.82, 2.24) is 10.2 Å². The Labute approximate surface area is 141 Å². The average Bonchev–Trinajstić information content (AvgIpc) is 2.44. The van der Waals surface area contributed by atoms with Gasteiger partial charge in [-0.2, -0.15) is 0 Å². The summed E-state index contributed by atoms with van der Waals surface area (Å²) in [4.78, 5) is 36.8. The number of carbonyl (C=O) groups excluding carboxylic acids is 3. The van der Waals surface area contributed by atoms with Crippen LogP contribution in [0.1, 0.15) is 36.7 Å². The van der Waals surface area contributed by atoms with Crippen LogP contribution in [0.5, 0.6) is 5.75 Å². The average molecular weight is 336 g/mol. The van der Waals surface area contributed by atoms with Crippen molar-refractivity contribution in [1.29, 1.82) is 0 Å². The van der Waals surface area contributed by atoms with Gasteiger partial charge in [0.05, 0.1) is 6.54 Å². The van der Waals surface area contributed by atoms with Crippen molar-refractivity contribution in [2.75, 3.05) is 20.2 Å². The molecule has 0 atom stereocenters. The third-order valence-electron chi connectivity index (χ3n) is 3.02. The molecule has 7 nitrogen and oxygen atoms in total. The molecule has 0 aliphatic heterocycles. The van der Waals surface area contributed by atoms with Crippen molar-refractivity contribution in [3.63, 3.8) is 0 Å². The lowest BCUT2D eigenvalue weighted by atomic mass is 10.1. The Morgan fingerprint density at radius 1 is 1.25 bits per heavy atom. The van der Waals surface area contributed by atoms with Gasteiger partial charge in [-0.3, -0.25) is 9.59 Å². The van der Waals surface area contributed by atoms with E-state index in [9.17, 15) is 19.5 Å². The Hall–Kier alpha value is -2.57. The Bertz CT molecular complexity index is 634. The van der Waals surface area contributed by atoms with Crippen molar-refractivity contribution < 1.29 is 24.2 Å². The van der Waals surface area contributed by atoms with Crippen LogP contribution in [0.2, 0.25) is 0 Å². The molecule has 0 aliphatic rings. The Balaban J connectivity index is 2.54. The van der Waals surface area contributed by atoms with E-state index in [1.807, 2.05) is 20.8 Å². The molecule has 2 N–H and O–H groups in total. The number of likely N-dealkylation sites (N-methyl/N-ethyl adjacent to an activating group) is 1. The third-order valence-corrected chi connectivity index (χ3v) is 3.02. The molecule has 0 radical (unpaired) electrons. The first-order valence-corrected chi connectivity index (χ1v) is 7.51. The molecule has 2 amide bonds. The van der Waals surface area contributed by atoms with Gasteiger partial charge in [-0.1, -0.05) is 11.6 Å². The second-order valence-corrected chi connectivity index (χ2v) is 6.64. The quantitative estimate of drug-likeness (QED) is 0.789. The number of phenolic OH excluding ortho intramolecular Hbond substituents is 1. The van der Waals surface area contributed by atoms with E-state index in [0.717, 1.165) is 5.56 Å². The molecule has 0 aromatic heterocycles. The van der Waals surface area contributed by atoms with Gasteiger partial charge in [-0.25, -0.2) is 4.79 Å². The standard InChI is InChI=1S/C17H24N2O5/c1-11-6-7-13(20)12(8-11)16(23)24-10-15(22)19(5)9-14(21)18-17(2,3)4/h6-8,20H,9-10H2,1-5H3,(H,18,21). The maximum absolute atomic E-state index is 11.9. The number of esters is 1. The summed E-state index contributed by atoms with van der Waals surface area (Å²) in [6.45, 7) is 6.63. The van der Waals surface area contributed by atoms with E-state index in [1.54, 1.807) is 13.0 Å². The van der Waals surface area contributed by atoms with Crippen LogP contribution in [-0.4, -0.2) is 53.5 Å². The highest BCUT2D eigenvalue weighted by Gasteiger charge is 2.20. The van der Waals surface area contributed by atoms with E-state index in [2.05, 4.69) is 5.32 Å². The summed E-state index contributed by atoms with van der Waals surface area (Å²) in [6.07, 6.45) is 0. The van der Waals surface area contributed by atoms with Crippen LogP contribution >= 0.6 is 0 Å². The molecule has 0 bridgehead atoms. The van der Waals surface area contributed by atoms with Gasteiger partial charge in [0.15, 0.2) is 6.61 Å². The van der Waals surface area contributed by atoms with E-state index in [-0.39, 0.29) is 23.8 Å². The Kier molecular flexibility index (Phi) is 6.34. The van der Waals surface area contributed by atoms with Crippen LogP contribution < -0.4 is 5.32 Å². The summed E-state index contributed by atoms with van der Waals surface area (Å²) in [5, 5.41) is 12.4. The molecule has 0 saturated heterocycles. The molecule has 1 aromatic rings. The minimum Gasteiger partial charge on any atom is -0.507 e. The SMILES string of the molecule is Cc1ccc(O)c(C(=O)OCC(=O)N(C)CC(=O)NC(C)(C)C)c1. The molecule has 1 rings (SSSR count). The number of hydrogen-bond donors (Lipinski definition) is 2. The lowest BCUT2D eigenvalue weighted by molar-refractivity contribution is -0.137. The van der Waals surface area contributed by atoms with Crippen molar-refractivity contribution in [3.8, 4) is 5.75 Å². The molecule has 7 heteroatoms. The molecule has 0 fully saturated rings. The number of aromatic hydroxyl groups is 1. The molecular formula is C17H24N2O5. The van der Waals surface area contributed by atoms with Crippen LogP contribution in [0, 0.1) is 6.92 Å². The maximum atomic E-state index is 11.9. The number of nitrogens with one attached hydrogen (secondary N) is 1. The fourth-order valence-electron chi connectivity index (χ4n) is 1.89. The second kappa shape index (κ2) is 7.81. The van der Waals surface area contributed by atoms with E-state index in [0.29, 0.717) is 0 Å². The Morgan fingerprint density at radius 3 is 2.46 bits per heavy atom. The number of ether oxygens (including phenoxy) is 1. The predicted octanol–water partition coefficient (Wildman–Crippen LogP) is 1.23. The molecule has 24 heavy (non-hydrogen) atoms. The van der Waals surface area contributed by atoms with Crippen molar-refractivity contribution >= 4 is 17.8 Å². The monoisotopic (exact) mass is 336 g/mol. The van der Waals surface area contributed by atoms with Gasteiger partial charge in [0, 0.05) is 12.6 Å². The molecular weight excluding hydrogens is 312 g/mol. The fraction of sp³-hybridized carbons (Fsp3) is 0.471. The number of rotatable bonds is 5. The summed E-state index contributed by atoms with van der Waals surface area (Å²) < 4.78 is 4.91.